The van der Waals surface area contributed by atoms with Crippen LogP contribution in [0.2, 0.25) is 0 Å². The highest BCUT2D eigenvalue weighted by atomic mass is 16.5. The third kappa shape index (κ3) is 6.64. The quantitative estimate of drug-likeness (QED) is 0.431. The second kappa shape index (κ2) is 11.2. The minimum Gasteiger partial charge on any atom is -0.490 e. The lowest BCUT2D eigenvalue weighted by atomic mass is 9.98. The van der Waals surface area contributed by atoms with E-state index < -0.39 is 0 Å². The first-order valence-corrected chi connectivity index (χ1v) is 10.3. The Morgan fingerprint density at radius 2 is 1.85 bits per heavy atom. The van der Waals surface area contributed by atoms with Crippen molar-refractivity contribution in [1.82, 2.24) is 4.90 Å². The number of carbonyl (C=O) groups excluding carboxylic acids is 1. The van der Waals surface area contributed by atoms with Crippen LogP contribution in [0.4, 0.5) is 0 Å². The summed E-state index contributed by atoms with van der Waals surface area (Å²) < 4.78 is 11.4. The topological polar surface area (TPSA) is 38.8 Å². The van der Waals surface area contributed by atoms with Crippen LogP contribution in [0.3, 0.4) is 0 Å². The zero-order valence-electron chi connectivity index (χ0n) is 16.7. The van der Waals surface area contributed by atoms with Gasteiger partial charge in [-0.05, 0) is 76.3 Å². The van der Waals surface area contributed by atoms with Gasteiger partial charge in [-0.2, -0.15) is 0 Å². The van der Waals surface area contributed by atoms with E-state index in [1.54, 1.807) is 12.1 Å². The van der Waals surface area contributed by atoms with Crippen molar-refractivity contribution >= 4 is 5.97 Å². The largest absolute Gasteiger partial charge is 0.490 e. The Bertz CT molecular complexity index is 523. The molecule has 0 aromatic heterocycles. The molecular formula is C22H35NO3. The van der Waals surface area contributed by atoms with Crippen molar-refractivity contribution in [3.63, 3.8) is 0 Å². The van der Waals surface area contributed by atoms with Crippen LogP contribution in [0.25, 0.3) is 0 Å². The summed E-state index contributed by atoms with van der Waals surface area (Å²) in [5.74, 6) is 0.599. The van der Waals surface area contributed by atoms with Gasteiger partial charge in [0.25, 0.3) is 0 Å². The Kier molecular flexibility index (Phi) is 8.96. The number of ether oxygens (including phenoxy) is 2. The average molecular weight is 362 g/mol. The molecule has 0 saturated heterocycles. The first-order valence-electron chi connectivity index (χ1n) is 10.3. The average Bonchev–Trinajstić information content (AvgIpc) is 2.68. The van der Waals surface area contributed by atoms with Crippen LogP contribution in [0.5, 0.6) is 5.75 Å². The lowest BCUT2D eigenvalue weighted by molar-refractivity contribution is 0.0483. The zero-order chi connectivity index (χ0) is 18.8. The summed E-state index contributed by atoms with van der Waals surface area (Å²) in [5.41, 5.74) is 0.593. The van der Waals surface area contributed by atoms with Gasteiger partial charge in [0.15, 0.2) is 0 Å². The van der Waals surface area contributed by atoms with Crippen LogP contribution in [-0.2, 0) is 4.74 Å². The molecule has 0 bridgehead atoms. The van der Waals surface area contributed by atoms with Crippen molar-refractivity contribution in [3.8, 4) is 5.75 Å². The van der Waals surface area contributed by atoms with E-state index in [2.05, 4.69) is 25.7 Å². The summed E-state index contributed by atoms with van der Waals surface area (Å²) in [6, 6.07) is 7.95. The van der Waals surface area contributed by atoms with E-state index in [4.69, 9.17) is 9.47 Å². The highest BCUT2D eigenvalue weighted by Crippen LogP contribution is 2.23. The van der Waals surface area contributed by atoms with E-state index in [1.165, 1.54) is 19.3 Å². The zero-order valence-corrected chi connectivity index (χ0v) is 16.7. The third-order valence-corrected chi connectivity index (χ3v) is 5.39. The molecule has 0 heterocycles. The molecule has 26 heavy (non-hydrogen) atoms. The van der Waals surface area contributed by atoms with Gasteiger partial charge in [-0.25, -0.2) is 4.79 Å². The maximum atomic E-state index is 12.2. The summed E-state index contributed by atoms with van der Waals surface area (Å²) in [5, 5.41) is 0. The van der Waals surface area contributed by atoms with Gasteiger partial charge in [-0.15, -0.1) is 0 Å². The predicted molar refractivity (Wildman–Crippen MR) is 106 cm³/mol. The molecule has 1 atom stereocenters. The van der Waals surface area contributed by atoms with Gasteiger partial charge < -0.3 is 14.4 Å². The van der Waals surface area contributed by atoms with Crippen LogP contribution in [0, 0.1) is 0 Å². The Balaban J connectivity index is 1.71. The molecule has 1 aromatic rings. The number of esters is 1. The van der Waals surface area contributed by atoms with Crippen molar-refractivity contribution in [1.29, 1.82) is 0 Å². The summed E-state index contributed by atoms with van der Waals surface area (Å²) in [4.78, 5) is 14.6. The van der Waals surface area contributed by atoms with Crippen LogP contribution >= 0.6 is 0 Å². The lowest BCUT2D eigenvalue weighted by Crippen LogP contribution is -2.33. The Hall–Kier alpha value is -1.55. The standard InChI is InChI=1S/C22H35NO3/c1-4-18(3)23(5-2)16-9-17-25-22(24)19-12-14-21(15-13-19)26-20-10-7-6-8-11-20/h12-15,18,20H,4-11,16-17H2,1-3H3. The van der Waals surface area contributed by atoms with Crippen molar-refractivity contribution in [3.05, 3.63) is 29.8 Å². The molecule has 1 saturated carbocycles. The number of hydrogen-bond donors (Lipinski definition) is 0. The molecule has 0 spiro atoms. The number of rotatable bonds is 10. The van der Waals surface area contributed by atoms with Crippen molar-refractivity contribution < 1.29 is 14.3 Å². The van der Waals surface area contributed by atoms with Crippen molar-refractivity contribution in [2.24, 2.45) is 0 Å². The molecule has 0 aliphatic heterocycles. The normalized spacial score (nSPS) is 16.5. The molecule has 4 heteroatoms. The summed E-state index contributed by atoms with van der Waals surface area (Å²) in [6.45, 7) is 9.08. The minimum atomic E-state index is -0.249. The van der Waals surface area contributed by atoms with Crippen LogP contribution in [-0.4, -0.2) is 42.7 Å². The van der Waals surface area contributed by atoms with E-state index in [9.17, 15) is 4.79 Å². The lowest BCUT2D eigenvalue weighted by Gasteiger charge is -2.26. The summed E-state index contributed by atoms with van der Waals surface area (Å²) in [6.07, 6.45) is 8.43. The summed E-state index contributed by atoms with van der Waals surface area (Å²) in [7, 11) is 0. The maximum absolute atomic E-state index is 12.2. The fourth-order valence-electron chi connectivity index (χ4n) is 3.51. The van der Waals surface area contributed by atoms with Gasteiger partial charge in [-0.1, -0.05) is 20.3 Å². The SMILES string of the molecule is CCC(C)N(CC)CCCOC(=O)c1ccc(OC2CCCCC2)cc1. The molecule has 1 fully saturated rings. The molecule has 0 amide bonds. The van der Waals surface area contributed by atoms with E-state index in [0.29, 0.717) is 24.3 Å². The Morgan fingerprint density at radius 3 is 2.46 bits per heavy atom. The van der Waals surface area contributed by atoms with Gasteiger partial charge in [0.1, 0.15) is 5.75 Å². The predicted octanol–water partition coefficient (Wildman–Crippen LogP) is 5.07. The fraction of sp³-hybridized carbons (Fsp3) is 0.682. The first kappa shape index (κ1) is 20.8. The first-order chi connectivity index (χ1) is 12.6. The van der Waals surface area contributed by atoms with Gasteiger partial charge >= 0.3 is 5.97 Å². The van der Waals surface area contributed by atoms with Crippen LogP contribution < -0.4 is 4.74 Å². The molecule has 1 aromatic carbocycles. The summed E-state index contributed by atoms with van der Waals surface area (Å²) >= 11 is 0. The van der Waals surface area contributed by atoms with Gasteiger partial charge in [0.05, 0.1) is 18.3 Å². The molecule has 2 rings (SSSR count). The Morgan fingerprint density at radius 1 is 1.15 bits per heavy atom. The number of hydrogen-bond acceptors (Lipinski definition) is 4. The highest BCUT2D eigenvalue weighted by molar-refractivity contribution is 5.89. The van der Waals surface area contributed by atoms with E-state index in [0.717, 1.165) is 44.5 Å². The molecule has 146 valence electrons. The third-order valence-electron chi connectivity index (χ3n) is 5.39. The molecule has 1 aliphatic carbocycles. The smallest absolute Gasteiger partial charge is 0.338 e. The van der Waals surface area contributed by atoms with Crippen LogP contribution in [0.15, 0.2) is 24.3 Å². The van der Waals surface area contributed by atoms with Crippen LogP contribution in [0.1, 0.15) is 76.1 Å². The highest BCUT2D eigenvalue weighted by Gasteiger charge is 2.15. The molecule has 0 radical (unpaired) electrons. The fourth-order valence-corrected chi connectivity index (χ4v) is 3.51. The molecule has 1 aliphatic rings. The minimum absolute atomic E-state index is 0.249. The number of carbonyl (C=O) groups is 1. The molecule has 0 N–H and O–H groups in total. The number of benzene rings is 1. The van der Waals surface area contributed by atoms with E-state index in [-0.39, 0.29) is 5.97 Å². The van der Waals surface area contributed by atoms with Gasteiger partial charge in [0, 0.05) is 12.6 Å². The molecular weight excluding hydrogens is 326 g/mol. The Labute approximate surface area is 158 Å². The molecule has 4 nitrogen and oxygen atoms in total. The van der Waals surface area contributed by atoms with Crippen molar-refractivity contribution in [2.75, 3.05) is 19.7 Å². The number of nitrogens with zero attached hydrogens (tertiary/aromatic N) is 1. The van der Waals surface area contributed by atoms with E-state index in [1.807, 2.05) is 12.1 Å². The maximum Gasteiger partial charge on any atom is 0.338 e. The van der Waals surface area contributed by atoms with Gasteiger partial charge in [-0.3, -0.25) is 0 Å². The monoisotopic (exact) mass is 361 g/mol. The molecule has 1 unspecified atom stereocenters. The van der Waals surface area contributed by atoms with Gasteiger partial charge in [0.2, 0.25) is 0 Å². The van der Waals surface area contributed by atoms with Crippen molar-refractivity contribution in [2.45, 2.75) is 77.9 Å². The van der Waals surface area contributed by atoms with E-state index >= 15 is 0 Å². The second-order valence-corrected chi connectivity index (χ2v) is 7.28. The second-order valence-electron chi connectivity index (χ2n) is 7.28.